The van der Waals surface area contributed by atoms with Gasteiger partial charge in [0.05, 0.1) is 0 Å². The average Bonchev–Trinajstić information content (AvgIpc) is 2.72. The summed E-state index contributed by atoms with van der Waals surface area (Å²) in [5.41, 5.74) is 1.48. The van der Waals surface area contributed by atoms with Gasteiger partial charge < -0.3 is 0 Å². The molecule has 0 heterocycles. The van der Waals surface area contributed by atoms with Crippen molar-refractivity contribution in [2.75, 3.05) is 0 Å². The molecular formula is C18HB13. The highest BCUT2D eigenvalue weighted by Crippen LogP contribution is 2.15. The van der Waals surface area contributed by atoms with Crippen LogP contribution in [0.25, 0.3) is 22.3 Å². The van der Waals surface area contributed by atoms with Gasteiger partial charge in [-0.2, -0.15) is 0 Å². The SMILES string of the molecule is [B]c1cc([B])c(-c2c([B])c([B])c([B])c([B])c2[B])c([B])c1-c1c([B])c([B])c([B])c([B])c1[B]. The Morgan fingerprint density at radius 1 is 0.258 bits per heavy atom. The summed E-state index contributed by atoms with van der Waals surface area (Å²) < 4.78 is 0. The standard InChI is InChI=1S/C18HB13/c19-2-1-3(20)5(7-11(24)15(28)18(31)16(29)12(7)25)8(21)4(2)6-9(22)13(26)17(30)14(27)10(6)23/h1H. The van der Waals surface area contributed by atoms with Gasteiger partial charge in [0.2, 0.25) is 0 Å². The van der Waals surface area contributed by atoms with Gasteiger partial charge in [0.25, 0.3) is 0 Å². The predicted molar refractivity (Wildman–Crippen MR) is 147 cm³/mol. The zero-order valence-corrected chi connectivity index (χ0v) is 16.6. The first-order valence-corrected chi connectivity index (χ1v) is 8.83. The first kappa shape index (κ1) is 24.2. The fourth-order valence-electron chi connectivity index (χ4n) is 3.54. The van der Waals surface area contributed by atoms with E-state index in [9.17, 15) is 0 Å². The normalized spacial score (nSPS) is 11.0. The van der Waals surface area contributed by atoms with Gasteiger partial charge in [0.15, 0.2) is 0 Å². The maximum atomic E-state index is 6.49. The Balaban J connectivity index is 2.52. The van der Waals surface area contributed by atoms with Gasteiger partial charge in [-0.25, -0.2) is 0 Å². The maximum Gasteiger partial charge on any atom is 0.115 e. The molecule has 13 heteroatoms. The van der Waals surface area contributed by atoms with Crippen molar-refractivity contribution < 1.29 is 0 Å². The summed E-state index contributed by atoms with van der Waals surface area (Å²) in [6.07, 6.45) is 0. The van der Waals surface area contributed by atoms with Crippen LogP contribution in [-0.2, 0) is 0 Å². The Morgan fingerprint density at radius 2 is 0.484 bits per heavy atom. The van der Waals surface area contributed by atoms with E-state index in [4.69, 9.17) is 102 Å². The zero-order valence-electron chi connectivity index (χ0n) is 16.6. The summed E-state index contributed by atoms with van der Waals surface area (Å²) in [5, 5.41) is 0. The molecule has 0 aromatic heterocycles. The van der Waals surface area contributed by atoms with Crippen LogP contribution in [0.3, 0.4) is 0 Å². The van der Waals surface area contributed by atoms with E-state index in [2.05, 4.69) is 0 Å². The highest BCUT2D eigenvalue weighted by molar-refractivity contribution is 6.71. The number of benzene rings is 3. The summed E-state index contributed by atoms with van der Waals surface area (Å²) in [6.45, 7) is 0. The molecule has 0 aliphatic rings. The maximum absolute atomic E-state index is 6.49. The molecule has 3 aromatic rings. The minimum absolute atomic E-state index is 0.0267. The second kappa shape index (κ2) is 8.45. The van der Waals surface area contributed by atoms with Gasteiger partial charge in [-0.3, -0.25) is 0 Å². The third-order valence-electron chi connectivity index (χ3n) is 5.33. The van der Waals surface area contributed by atoms with Crippen molar-refractivity contribution in [1.29, 1.82) is 0 Å². The molecule has 0 saturated heterocycles. The van der Waals surface area contributed by atoms with Crippen LogP contribution in [0.1, 0.15) is 0 Å². The Bertz CT molecular complexity index is 1110. The van der Waals surface area contributed by atoms with Crippen LogP contribution in [0.15, 0.2) is 6.07 Å². The van der Waals surface area contributed by atoms with E-state index in [-0.39, 0.29) is 93.3 Å². The molecule has 0 aliphatic heterocycles. The summed E-state index contributed by atoms with van der Waals surface area (Å²) >= 11 is 0. The van der Waals surface area contributed by atoms with Crippen LogP contribution < -0.4 is 71.0 Å². The average molecular weight is 358 g/mol. The first-order chi connectivity index (χ1) is 14.3. The van der Waals surface area contributed by atoms with E-state index in [1.54, 1.807) is 0 Å². The van der Waals surface area contributed by atoms with Gasteiger partial charge in [-0.05, 0) is 22.3 Å². The zero-order chi connectivity index (χ0) is 23.5. The molecule has 0 N–H and O–H groups in total. The predicted octanol–water partition coefficient (Wildman–Crippen LogP) is -10.7. The topological polar surface area (TPSA) is 0 Å². The van der Waals surface area contributed by atoms with Crippen molar-refractivity contribution in [1.82, 2.24) is 0 Å². The Morgan fingerprint density at radius 3 is 0.742 bits per heavy atom. The third kappa shape index (κ3) is 3.61. The van der Waals surface area contributed by atoms with Gasteiger partial charge >= 0.3 is 0 Å². The van der Waals surface area contributed by atoms with E-state index in [0.717, 1.165) is 0 Å². The Hall–Kier alpha value is -1.50. The van der Waals surface area contributed by atoms with Crippen LogP contribution in [0.2, 0.25) is 0 Å². The molecule has 0 bridgehead atoms. The summed E-state index contributed by atoms with van der Waals surface area (Å²) in [7, 11) is 79.4. The lowest BCUT2D eigenvalue weighted by molar-refractivity contribution is 1.80. The summed E-state index contributed by atoms with van der Waals surface area (Å²) in [5.74, 6) is 0. The lowest BCUT2D eigenvalue weighted by Crippen LogP contribution is -2.57. The number of hydrogen-bond acceptors (Lipinski definition) is 0. The van der Waals surface area contributed by atoms with Crippen molar-refractivity contribution >= 4 is 173 Å². The second-order valence-electron chi connectivity index (χ2n) is 7.11. The molecular weight excluding hydrogens is 357 g/mol. The van der Waals surface area contributed by atoms with E-state index >= 15 is 0 Å². The quantitative estimate of drug-likeness (QED) is 0.400. The molecule has 0 saturated carbocycles. The molecule has 3 rings (SSSR count). The molecule has 0 aliphatic carbocycles. The van der Waals surface area contributed by atoms with Gasteiger partial charge in [0, 0.05) is 0 Å². The summed E-state index contributed by atoms with van der Waals surface area (Å²) in [6, 6.07) is 1.43. The van der Waals surface area contributed by atoms with Crippen molar-refractivity contribution in [2.45, 2.75) is 0 Å². The van der Waals surface area contributed by atoms with E-state index < -0.39 is 0 Å². The highest BCUT2D eigenvalue weighted by Gasteiger charge is 2.21. The van der Waals surface area contributed by atoms with Gasteiger partial charge in [0.1, 0.15) is 102 Å². The van der Waals surface area contributed by atoms with Crippen molar-refractivity contribution in [3.63, 3.8) is 0 Å². The fraction of sp³-hybridized carbons (Fsp3) is 0. The van der Waals surface area contributed by atoms with Crippen LogP contribution >= 0.6 is 0 Å². The van der Waals surface area contributed by atoms with E-state index in [1.165, 1.54) is 6.07 Å². The monoisotopic (exact) mass is 360 g/mol. The molecule has 0 unspecified atom stereocenters. The fourth-order valence-corrected chi connectivity index (χ4v) is 3.54. The van der Waals surface area contributed by atoms with Crippen molar-refractivity contribution in [3.8, 4) is 22.3 Å². The van der Waals surface area contributed by atoms with E-state index in [1.807, 2.05) is 0 Å². The van der Waals surface area contributed by atoms with Gasteiger partial charge in [-0.1, -0.05) is 44.3 Å². The molecule has 3 aromatic carbocycles. The second-order valence-corrected chi connectivity index (χ2v) is 7.11. The van der Waals surface area contributed by atoms with Crippen LogP contribution in [0, 0.1) is 0 Å². The molecule has 26 radical (unpaired) electrons. The molecule has 0 nitrogen and oxygen atoms in total. The highest BCUT2D eigenvalue weighted by atomic mass is 14.2. The van der Waals surface area contributed by atoms with Crippen LogP contribution in [0.4, 0.5) is 0 Å². The molecule has 0 atom stereocenters. The smallest absolute Gasteiger partial charge is 0.112 e. The minimum Gasteiger partial charge on any atom is -0.112 e. The number of hydrogen-bond donors (Lipinski definition) is 0. The minimum atomic E-state index is 0.0267. The number of rotatable bonds is 2. The lowest BCUT2D eigenvalue weighted by atomic mass is 9.56. The molecule has 0 amide bonds. The molecule has 31 heavy (non-hydrogen) atoms. The van der Waals surface area contributed by atoms with E-state index in [0.29, 0.717) is 0 Å². The molecule has 112 valence electrons. The molecule has 0 spiro atoms. The van der Waals surface area contributed by atoms with Crippen molar-refractivity contribution in [2.24, 2.45) is 0 Å². The first-order valence-electron chi connectivity index (χ1n) is 8.83. The summed E-state index contributed by atoms with van der Waals surface area (Å²) in [4.78, 5) is 0. The van der Waals surface area contributed by atoms with Crippen molar-refractivity contribution in [3.05, 3.63) is 6.07 Å². The van der Waals surface area contributed by atoms with Crippen LogP contribution in [-0.4, -0.2) is 102 Å². The molecule has 0 fully saturated rings. The van der Waals surface area contributed by atoms with Crippen LogP contribution in [0.5, 0.6) is 0 Å². The Kier molecular flexibility index (Phi) is 6.59. The van der Waals surface area contributed by atoms with Gasteiger partial charge in [-0.15, -0.1) is 32.8 Å². The lowest BCUT2D eigenvalue weighted by Gasteiger charge is -2.29. The Labute approximate surface area is 201 Å². The largest absolute Gasteiger partial charge is 0.115 e. The third-order valence-corrected chi connectivity index (χ3v) is 5.33.